The van der Waals surface area contributed by atoms with Crippen molar-refractivity contribution in [2.45, 2.75) is 70.2 Å². The predicted molar refractivity (Wildman–Crippen MR) is 239 cm³/mol. The number of hydrogen-bond donors (Lipinski definition) is 4. The molecule has 0 saturated carbocycles. The van der Waals surface area contributed by atoms with Crippen LogP contribution in [-0.4, -0.2) is 75.9 Å². The Kier molecular flexibility index (Phi) is 15.1. The molecule has 1 aliphatic heterocycles. The number of carbonyl (C=O) groups is 1. The zero-order valence-electron chi connectivity index (χ0n) is 35.7. The molecule has 0 amide bonds. The molecule has 4 N–H and O–H groups in total. The minimum Gasteiger partial charge on any atom is -0.497 e. The summed E-state index contributed by atoms with van der Waals surface area (Å²) in [4.78, 5) is 31.1. The van der Waals surface area contributed by atoms with Crippen LogP contribution in [0.3, 0.4) is 0 Å². The van der Waals surface area contributed by atoms with Crippen LogP contribution in [0.1, 0.15) is 62.6 Å². The number of aliphatic hydroxyl groups is 2. The largest absolute Gasteiger partial charge is 0.497 e. The molecule has 1 fully saturated rings. The fourth-order valence-electron chi connectivity index (χ4n) is 7.03. The number of benzene rings is 4. The Morgan fingerprint density at radius 1 is 0.887 bits per heavy atom. The minimum absolute atomic E-state index is 0.00844. The molecule has 1 aromatic heterocycles. The molecule has 0 bridgehead atoms. The Hall–Kier alpha value is -4.83. The number of anilines is 1. The summed E-state index contributed by atoms with van der Waals surface area (Å²) in [6.45, 7) is 6.59. The maximum atomic E-state index is 14.1. The van der Waals surface area contributed by atoms with Crippen molar-refractivity contribution in [3.63, 3.8) is 0 Å². The molecule has 1 saturated heterocycles. The van der Waals surface area contributed by atoms with E-state index in [2.05, 4.69) is 15.4 Å². The summed E-state index contributed by atoms with van der Waals surface area (Å²) < 4.78 is 43.8. The Labute approximate surface area is 366 Å². The van der Waals surface area contributed by atoms with Crippen LogP contribution in [0.5, 0.6) is 11.5 Å². The lowest BCUT2D eigenvalue weighted by atomic mass is 9.77. The molecule has 6 rings (SSSR count). The second-order valence-corrected chi connectivity index (χ2v) is 18.6. The van der Waals surface area contributed by atoms with Crippen molar-refractivity contribution in [2.75, 3.05) is 38.5 Å². The molecule has 62 heavy (non-hydrogen) atoms. The van der Waals surface area contributed by atoms with Crippen molar-refractivity contribution in [1.29, 1.82) is 0 Å². The highest BCUT2D eigenvalue weighted by molar-refractivity contribution is 8.13. The lowest BCUT2D eigenvalue weighted by Gasteiger charge is -2.37. The number of rotatable bonds is 20. The van der Waals surface area contributed by atoms with Crippen LogP contribution in [0.2, 0.25) is 0 Å². The van der Waals surface area contributed by atoms with Gasteiger partial charge in [0, 0.05) is 23.9 Å². The fraction of sp³-hybridized carbons (Fsp3) is 0.370. The third kappa shape index (κ3) is 10.5. The number of nitrogens with one attached hydrogen (secondary N) is 2. The van der Waals surface area contributed by atoms with Gasteiger partial charge in [0.05, 0.1) is 27.4 Å². The first-order chi connectivity index (χ1) is 29.7. The van der Waals surface area contributed by atoms with Gasteiger partial charge < -0.3 is 29.7 Å². The van der Waals surface area contributed by atoms with Crippen LogP contribution in [0.4, 0.5) is 5.82 Å². The smallest absolute Gasteiger partial charge is 0.405 e. The maximum absolute atomic E-state index is 14.1. The first-order valence-electron chi connectivity index (χ1n) is 20.3. The van der Waals surface area contributed by atoms with E-state index in [0.29, 0.717) is 17.9 Å². The van der Waals surface area contributed by atoms with Crippen molar-refractivity contribution in [2.24, 2.45) is 5.41 Å². The van der Waals surface area contributed by atoms with Gasteiger partial charge >= 0.3 is 13.4 Å². The molecule has 14 nitrogen and oxygen atoms in total. The molecule has 5 atom stereocenters. The summed E-state index contributed by atoms with van der Waals surface area (Å²) in [6.07, 6.45) is -2.14. The van der Waals surface area contributed by atoms with Gasteiger partial charge in [0.15, 0.2) is 11.3 Å². The average Bonchev–Trinajstić information content (AvgIpc) is 3.52. The Morgan fingerprint density at radius 3 is 2.00 bits per heavy atom. The second kappa shape index (κ2) is 20.1. The van der Waals surface area contributed by atoms with Gasteiger partial charge in [-0.2, -0.15) is 4.98 Å². The van der Waals surface area contributed by atoms with Gasteiger partial charge in [0.2, 0.25) is 0 Å². The SMILES string of the molecule is CCC(C)(C)C(=O)SCCOP(=O)(NCc1ccccc1)OC[C@H]1O[C@@H](n2ccc(NC(c3ccccc3)(c3ccc(OC)cc3)c3ccc(OC)cc3)nc2=O)[C@@](C)(O)C1O. The van der Waals surface area contributed by atoms with Crippen molar-refractivity contribution in [1.82, 2.24) is 14.6 Å². The summed E-state index contributed by atoms with van der Waals surface area (Å²) in [6, 6.07) is 35.7. The van der Waals surface area contributed by atoms with E-state index in [1.807, 2.05) is 130 Å². The topological polar surface area (TPSA) is 180 Å². The quantitative estimate of drug-likeness (QED) is 0.0348. The van der Waals surface area contributed by atoms with E-state index >= 15 is 0 Å². The normalized spacial score (nSPS) is 20.0. The molecule has 330 valence electrons. The fourth-order valence-corrected chi connectivity index (χ4v) is 9.35. The summed E-state index contributed by atoms with van der Waals surface area (Å²) in [5.74, 6) is 1.77. The maximum Gasteiger partial charge on any atom is 0.405 e. The molecule has 2 unspecified atom stereocenters. The standard InChI is InChI=1S/C46H55N4O10PS/c1-7-44(2,3)42(52)62-29-28-58-61(55,47-30-32-14-10-8-11-15-32)59-31-38-40(51)45(4,54)41(60-38)50-27-26-39(48-43(50)53)49-46(33-16-12-9-13-17-33,34-18-22-36(56-5)23-19-34)35-20-24-37(57-6)25-21-35/h8-27,38,40-41,51,54H,7,28-31H2,1-6H3,(H,47,55)(H,48,49,53)/t38-,40?,41-,45+,61?/m1/s1. The van der Waals surface area contributed by atoms with E-state index in [0.717, 1.165) is 38.6 Å². The van der Waals surface area contributed by atoms with Crippen molar-refractivity contribution in [3.05, 3.63) is 154 Å². The molecule has 0 aliphatic carbocycles. The molecule has 2 heterocycles. The summed E-state index contributed by atoms with van der Waals surface area (Å²) in [5.41, 5.74) is -1.09. The van der Waals surface area contributed by atoms with Gasteiger partial charge in [-0.05, 0) is 65.9 Å². The minimum atomic E-state index is -4.08. The van der Waals surface area contributed by atoms with Gasteiger partial charge in [-0.3, -0.25) is 18.4 Å². The average molecular weight is 887 g/mol. The summed E-state index contributed by atoms with van der Waals surface area (Å²) in [5, 5.41) is 29.4. The van der Waals surface area contributed by atoms with Gasteiger partial charge in [-0.25, -0.2) is 14.4 Å². The number of carbonyl (C=O) groups excluding carboxylic acids is 1. The van der Waals surface area contributed by atoms with Gasteiger partial charge in [-0.15, -0.1) is 0 Å². The first-order valence-corrected chi connectivity index (χ1v) is 22.8. The molecule has 1 aliphatic rings. The van der Waals surface area contributed by atoms with E-state index in [9.17, 15) is 24.4 Å². The Bertz CT molecular complexity index is 2300. The number of hydrogen-bond acceptors (Lipinski definition) is 13. The molecule has 0 spiro atoms. The van der Waals surface area contributed by atoms with Crippen LogP contribution in [0.25, 0.3) is 0 Å². The van der Waals surface area contributed by atoms with Crippen LogP contribution in [0.15, 0.2) is 126 Å². The van der Waals surface area contributed by atoms with Gasteiger partial charge in [-0.1, -0.05) is 117 Å². The second-order valence-electron chi connectivity index (χ2n) is 15.7. The number of nitrogens with zero attached hydrogens (tertiary/aromatic N) is 2. The Balaban J connectivity index is 1.24. The van der Waals surface area contributed by atoms with Crippen LogP contribution in [-0.2, 0) is 35.2 Å². The van der Waals surface area contributed by atoms with Crippen LogP contribution < -0.4 is 25.6 Å². The Morgan fingerprint density at radius 2 is 1.45 bits per heavy atom. The molecule has 5 aromatic rings. The van der Waals surface area contributed by atoms with Crippen LogP contribution in [0, 0.1) is 5.41 Å². The summed E-state index contributed by atoms with van der Waals surface area (Å²) >= 11 is 1.09. The molecular weight excluding hydrogens is 832 g/mol. The van der Waals surface area contributed by atoms with E-state index in [1.165, 1.54) is 13.1 Å². The highest BCUT2D eigenvalue weighted by Crippen LogP contribution is 2.47. The van der Waals surface area contributed by atoms with Crippen LogP contribution >= 0.6 is 19.5 Å². The number of aliphatic hydroxyl groups excluding tert-OH is 1. The lowest BCUT2D eigenvalue weighted by molar-refractivity contribution is -0.118. The van der Waals surface area contributed by atoms with E-state index in [1.54, 1.807) is 20.3 Å². The zero-order valence-corrected chi connectivity index (χ0v) is 37.4. The third-order valence-corrected chi connectivity index (χ3v) is 13.9. The van der Waals surface area contributed by atoms with Crippen molar-refractivity contribution >= 4 is 30.4 Å². The number of methoxy groups -OCH3 is 2. The van der Waals surface area contributed by atoms with E-state index in [-0.39, 0.29) is 29.8 Å². The molecule has 0 radical (unpaired) electrons. The van der Waals surface area contributed by atoms with Gasteiger partial charge in [0.1, 0.15) is 40.7 Å². The predicted octanol–water partition coefficient (Wildman–Crippen LogP) is 7.30. The van der Waals surface area contributed by atoms with Crippen molar-refractivity contribution < 1.29 is 42.8 Å². The number of ether oxygens (including phenoxy) is 3. The zero-order chi connectivity index (χ0) is 44.5. The number of aromatic nitrogens is 2. The monoisotopic (exact) mass is 886 g/mol. The number of thioether (sulfide) groups is 1. The van der Waals surface area contributed by atoms with E-state index < -0.39 is 55.0 Å². The lowest BCUT2D eigenvalue weighted by Crippen LogP contribution is -2.46. The summed E-state index contributed by atoms with van der Waals surface area (Å²) in [7, 11) is -0.885. The highest BCUT2D eigenvalue weighted by Gasteiger charge is 2.54. The van der Waals surface area contributed by atoms with Gasteiger partial charge in [0.25, 0.3) is 0 Å². The molecule has 4 aromatic carbocycles. The highest BCUT2D eigenvalue weighted by atomic mass is 32.2. The first kappa shape index (κ1) is 46.7. The molecule has 16 heteroatoms. The third-order valence-electron chi connectivity index (χ3n) is 11.1. The molecular formula is C46H55N4O10PS. The van der Waals surface area contributed by atoms with E-state index in [4.69, 9.17) is 23.3 Å². The van der Waals surface area contributed by atoms with Crippen molar-refractivity contribution in [3.8, 4) is 11.5 Å².